The molecule has 1 aromatic heterocycles. The number of ether oxygens (including phenoxy) is 1. The lowest BCUT2D eigenvalue weighted by molar-refractivity contribution is -0.137. The lowest BCUT2D eigenvalue weighted by atomic mass is 10.2. The molecule has 1 aliphatic heterocycles. The molecular formula is C18H18ClF3N4O4S. The van der Waals surface area contributed by atoms with Crippen LogP contribution in [0.5, 0.6) is 5.88 Å². The summed E-state index contributed by atoms with van der Waals surface area (Å²) in [5.41, 5.74) is -0.871. The number of sulfonamides is 1. The van der Waals surface area contributed by atoms with Gasteiger partial charge in [-0.05, 0) is 30.3 Å². The first-order valence-electron chi connectivity index (χ1n) is 8.96. The summed E-state index contributed by atoms with van der Waals surface area (Å²) < 4.78 is 70.9. The van der Waals surface area contributed by atoms with Gasteiger partial charge in [0.15, 0.2) is 0 Å². The van der Waals surface area contributed by atoms with Crippen molar-refractivity contribution in [3.8, 4) is 5.88 Å². The van der Waals surface area contributed by atoms with Crippen molar-refractivity contribution in [2.24, 2.45) is 0 Å². The summed E-state index contributed by atoms with van der Waals surface area (Å²) in [6.45, 7) is -0.0610. The Morgan fingerprint density at radius 3 is 2.48 bits per heavy atom. The molecule has 13 heteroatoms. The number of urea groups is 1. The normalized spacial score (nSPS) is 15.6. The number of amides is 2. The Balaban J connectivity index is 1.69. The topological polar surface area (TPSA) is 91.8 Å². The van der Waals surface area contributed by atoms with E-state index in [1.54, 1.807) is 12.1 Å². The van der Waals surface area contributed by atoms with Gasteiger partial charge in [0, 0.05) is 32.4 Å². The maximum Gasteiger partial charge on any atom is 0.417 e. The smallest absolute Gasteiger partial charge is 0.417 e. The van der Waals surface area contributed by atoms with Gasteiger partial charge in [-0.2, -0.15) is 17.5 Å². The zero-order valence-electron chi connectivity index (χ0n) is 16.2. The van der Waals surface area contributed by atoms with Crippen molar-refractivity contribution < 1.29 is 31.1 Å². The zero-order chi connectivity index (χ0) is 22.8. The fourth-order valence-electron chi connectivity index (χ4n) is 3.01. The summed E-state index contributed by atoms with van der Waals surface area (Å²) in [5, 5.41) is 2.05. The Kier molecular flexibility index (Phi) is 6.62. The van der Waals surface area contributed by atoms with E-state index < -0.39 is 37.7 Å². The van der Waals surface area contributed by atoms with Crippen LogP contribution in [0.4, 0.5) is 23.7 Å². The lowest BCUT2D eigenvalue weighted by Crippen LogP contribution is -2.51. The number of nitrogens with zero attached hydrogens (tertiary/aromatic N) is 3. The lowest BCUT2D eigenvalue weighted by Gasteiger charge is -2.34. The number of nitrogens with one attached hydrogen (secondary N) is 1. The number of hydrogen-bond acceptors (Lipinski definition) is 5. The molecule has 168 valence electrons. The molecule has 2 aromatic rings. The van der Waals surface area contributed by atoms with Gasteiger partial charge in [-0.15, -0.1) is 0 Å². The average Bonchev–Trinajstić information content (AvgIpc) is 2.73. The summed E-state index contributed by atoms with van der Waals surface area (Å²) in [7, 11) is -2.79. The van der Waals surface area contributed by atoms with E-state index in [-0.39, 0.29) is 32.1 Å². The minimum atomic E-state index is -4.78. The summed E-state index contributed by atoms with van der Waals surface area (Å²) in [6.07, 6.45) is -3.29. The van der Waals surface area contributed by atoms with E-state index in [1.807, 2.05) is 0 Å². The third-order valence-corrected chi connectivity index (χ3v) is 6.84. The quantitative estimate of drug-likeness (QED) is 0.728. The second-order valence-corrected chi connectivity index (χ2v) is 8.87. The maximum absolute atomic E-state index is 13.1. The highest BCUT2D eigenvalue weighted by Gasteiger charge is 2.36. The van der Waals surface area contributed by atoms with Crippen LogP contribution < -0.4 is 10.1 Å². The van der Waals surface area contributed by atoms with E-state index in [2.05, 4.69) is 10.3 Å². The third-order valence-electron chi connectivity index (χ3n) is 4.61. The summed E-state index contributed by atoms with van der Waals surface area (Å²) in [4.78, 5) is 17.3. The number of methoxy groups -OCH3 is 1. The molecule has 3 rings (SSSR count). The van der Waals surface area contributed by atoms with E-state index in [1.165, 1.54) is 18.2 Å². The number of piperazine rings is 1. The highest BCUT2D eigenvalue weighted by molar-refractivity contribution is 7.89. The predicted octanol–water partition coefficient (Wildman–Crippen LogP) is 3.30. The highest BCUT2D eigenvalue weighted by atomic mass is 35.5. The van der Waals surface area contributed by atoms with Crippen LogP contribution in [0.25, 0.3) is 0 Å². The summed E-state index contributed by atoms with van der Waals surface area (Å²) >= 11 is 5.57. The minimum Gasteiger partial charge on any atom is -0.480 e. The molecule has 2 amide bonds. The van der Waals surface area contributed by atoms with Crippen LogP contribution >= 0.6 is 11.6 Å². The summed E-state index contributed by atoms with van der Waals surface area (Å²) in [5.74, 6) is 0.222. The number of carbonyl (C=O) groups is 1. The number of aromatic nitrogens is 1. The molecule has 0 radical (unpaired) electrons. The van der Waals surface area contributed by atoms with Crippen molar-refractivity contribution in [1.82, 2.24) is 14.2 Å². The molecule has 0 aliphatic carbocycles. The van der Waals surface area contributed by atoms with E-state index in [9.17, 15) is 26.4 Å². The highest BCUT2D eigenvalue weighted by Crippen LogP contribution is 2.36. The van der Waals surface area contributed by atoms with Crippen molar-refractivity contribution in [1.29, 1.82) is 0 Å². The van der Waals surface area contributed by atoms with Gasteiger partial charge >= 0.3 is 12.2 Å². The van der Waals surface area contributed by atoms with Gasteiger partial charge in [0.05, 0.1) is 22.6 Å². The molecule has 0 atom stereocenters. The fraction of sp³-hybridized carbons (Fsp3) is 0.333. The van der Waals surface area contributed by atoms with E-state index >= 15 is 0 Å². The molecule has 8 nitrogen and oxygen atoms in total. The van der Waals surface area contributed by atoms with Gasteiger partial charge in [0.2, 0.25) is 15.9 Å². The standard InChI is InChI=1S/C18H18ClF3N4O4S/c1-30-16-15(3-2-6-23-16)24-17(27)25-7-9-26(10-8-25)31(28,29)12-4-5-14(19)13(11-12)18(20,21)22/h2-6,11H,7-10H2,1H3,(H,24,27). The Morgan fingerprint density at radius 2 is 1.87 bits per heavy atom. The number of rotatable bonds is 4. The first-order chi connectivity index (χ1) is 14.5. The molecule has 1 aliphatic rings. The van der Waals surface area contributed by atoms with Crippen molar-refractivity contribution >= 4 is 33.3 Å². The number of carbonyl (C=O) groups excluding carboxylic acids is 1. The van der Waals surface area contributed by atoms with Crippen LogP contribution in [0.15, 0.2) is 41.4 Å². The Morgan fingerprint density at radius 1 is 1.19 bits per heavy atom. The second-order valence-electron chi connectivity index (χ2n) is 6.52. The number of pyridine rings is 1. The molecule has 1 fully saturated rings. The van der Waals surface area contributed by atoms with Gasteiger partial charge in [0.1, 0.15) is 5.69 Å². The first-order valence-corrected chi connectivity index (χ1v) is 10.8. The molecule has 1 N–H and O–H groups in total. The van der Waals surface area contributed by atoms with Gasteiger partial charge < -0.3 is 15.0 Å². The van der Waals surface area contributed by atoms with Gasteiger partial charge in [-0.1, -0.05) is 11.6 Å². The second kappa shape index (κ2) is 8.89. The van der Waals surface area contributed by atoms with Crippen molar-refractivity contribution in [3.63, 3.8) is 0 Å². The number of anilines is 1. The molecule has 31 heavy (non-hydrogen) atoms. The van der Waals surface area contributed by atoms with Crippen LogP contribution in [0.2, 0.25) is 5.02 Å². The fourth-order valence-corrected chi connectivity index (χ4v) is 4.68. The Bertz CT molecular complexity index is 1070. The number of hydrogen-bond donors (Lipinski definition) is 1. The molecule has 0 saturated carbocycles. The van der Waals surface area contributed by atoms with Gasteiger partial charge in [0.25, 0.3) is 0 Å². The molecule has 0 spiro atoms. The first kappa shape index (κ1) is 23.1. The van der Waals surface area contributed by atoms with Crippen LogP contribution in [-0.2, 0) is 16.2 Å². The molecular weight excluding hydrogens is 461 g/mol. The van der Waals surface area contributed by atoms with Crippen LogP contribution in [0.1, 0.15) is 5.56 Å². The van der Waals surface area contributed by atoms with E-state index in [0.717, 1.165) is 16.4 Å². The monoisotopic (exact) mass is 478 g/mol. The van der Waals surface area contributed by atoms with Crippen molar-refractivity contribution in [2.45, 2.75) is 11.1 Å². The Labute approximate surface area is 181 Å². The summed E-state index contributed by atoms with van der Waals surface area (Å²) in [6, 6.07) is 5.19. The third kappa shape index (κ3) is 5.02. The molecule has 0 unspecified atom stereocenters. The number of halogens is 4. The Hall–Kier alpha value is -2.57. The average molecular weight is 479 g/mol. The van der Waals surface area contributed by atoms with E-state index in [0.29, 0.717) is 11.8 Å². The van der Waals surface area contributed by atoms with Crippen molar-refractivity contribution in [2.75, 3.05) is 38.6 Å². The molecule has 0 bridgehead atoms. The van der Waals surface area contributed by atoms with Crippen LogP contribution in [-0.4, -0.2) is 61.9 Å². The van der Waals surface area contributed by atoms with E-state index in [4.69, 9.17) is 16.3 Å². The van der Waals surface area contributed by atoms with Gasteiger partial charge in [-0.25, -0.2) is 18.2 Å². The predicted molar refractivity (Wildman–Crippen MR) is 107 cm³/mol. The van der Waals surface area contributed by atoms with Crippen LogP contribution in [0, 0.1) is 0 Å². The number of benzene rings is 1. The maximum atomic E-state index is 13.1. The minimum absolute atomic E-state index is 0.0490. The number of alkyl halides is 3. The SMILES string of the molecule is COc1ncccc1NC(=O)N1CCN(S(=O)(=O)c2ccc(Cl)c(C(F)(F)F)c2)CC1. The van der Waals surface area contributed by atoms with Gasteiger partial charge in [-0.3, -0.25) is 0 Å². The molecule has 1 saturated heterocycles. The van der Waals surface area contributed by atoms with Crippen LogP contribution in [0.3, 0.4) is 0 Å². The molecule has 1 aromatic carbocycles. The molecule has 2 heterocycles. The van der Waals surface area contributed by atoms with Crippen molar-refractivity contribution in [3.05, 3.63) is 47.1 Å². The zero-order valence-corrected chi connectivity index (χ0v) is 17.8. The largest absolute Gasteiger partial charge is 0.480 e.